The molecule has 1 aromatic carbocycles. The zero-order valence-corrected chi connectivity index (χ0v) is 18.2. The number of aromatic nitrogens is 2. The molecule has 1 fully saturated rings. The lowest BCUT2D eigenvalue weighted by molar-refractivity contribution is -0.125. The van der Waals surface area contributed by atoms with E-state index in [9.17, 15) is 4.79 Å². The Morgan fingerprint density at radius 3 is 2.60 bits per heavy atom. The van der Waals surface area contributed by atoms with E-state index in [1.807, 2.05) is 6.07 Å². The third-order valence-corrected chi connectivity index (χ3v) is 6.36. The third-order valence-electron chi connectivity index (χ3n) is 6.36. The molecule has 3 heterocycles. The van der Waals surface area contributed by atoms with Gasteiger partial charge < -0.3 is 19.5 Å². The summed E-state index contributed by atoms with van der Waals surface area (Å²) in [6.45, 7) is 10.1. The Morgan fingerprint density at radius 1 is 1.10 bits per heavy atom. The van der Waals surface area contributed by atoms with Gasteiger partial charge in [-0.05, 0) is 63.2 Å². The average molecular weight is 408 g/mol. The minimum atomic E-state index is 0.109. The molecule has 6 nitrogen and oxygen atoms in total. The molecule has 4 rings (SSSR count). The van der Waals surface area contributed by atoms with Crippen LogP contribution in [0.2, 0.25) is 0 Å². The maximum atomic E-state index is 12.6. The number of carbonyl (C=O) groups is 1. The molecule has 6 heteroatoms. The summed E-state index contributed by atoms with van der Waals surface area (Å²) in [6.07, 6.45) is 4.87. The summed E-state index contributed by atoms with van der Waals surface area (Å²) in [5, 5.41) is 3.16. The molecule has 1 aliphatic rings. The number of hydrogen-bond acceptors (Lipinski definition) is 4. The van der Waals surface area contributed by atoms with E-state index in [2.05, 4.69) is 69.9 Å². The first-order valence-corrected chi connectivity index (χ1v) is 11.3. The molecule has 1 saturated heterocycles. The molecule has 1 amide bonds. The Bertz CT molecular complexity index is 986. The lowest BCUT2D eigenvalue weighted by Gasteiger charge is -2.32. The predicted octanol–water partition coefficient (Wildman–Crippen LogP) is 3.55. The summed E-state index contributed by atoms with van der Waals surface area (Å²) in [4.78, 5) is 22.3. The number of rotatable bonds is 8. The van der Waals surface area contributed by atoms with E-state index in [0.29, 0.717) is 0 Å². The normalized spacial score (nSPS) is 15.4. The minimum absolute atomic E-state index is 0.109. The van der Waals surface area contributed by atoms with Gasteiger partial charge in [0, 0.05) is 31.7 Å². The van der Waals surface area contributed by atoms with Crippen LogP contribution in [-0.4, -0.2) is 59.5 Å². The number of anilines is 1. The standard InChI is InChI=1S/C24H33N5O/c1-3-27(4-2)15-8-14-25-24(30)19-12-17-28(18-13-19)23-22-11-7-16-29(22)21-10-6-5-9-20(21)26-23/h5-7,9-11,16,19H,3-4,8,12-15,17-18H2,1-2H3,(H,25,30). The molecule has 1 N–H and O–H groups in total. The van der Waals surface area contributed by atoms with E-state index >= 15 is 0 Å². The molecule has 0 atom stereocenters. The van der Waals surface area contributed by atoms with E-state index in [1.54, 1.807) is 0 Å². The number of fused-ring (bicyclic) bond motifs is 3. The van der Waals surface area contributed by atoms with Gasteiger partial charge in [0.25, 0.3) is 0 Å². The lowest BCUT2D eigenvalue weighted by atomic mass is 9.96. The van der Waals surface area contributed by atoms with Crippen molar-refractivity contribution in [3.05, 3.63) is 42.6 Å². The summed E-state index contributed by atoms with van der Waals surface area (Å²) in [5.41, 5.74) is 3.26. The highest BCUT2D eigenvalue weighted by atomic mass is 16.1. The highest BCUT2D eigenvalue weighted by Gasteiger charge is 2.26. The highest BCUT2D eigenvalue weighted by Crippen LogP contribution is 2.28. The van der Waals surface area contributed by atoms with Crippen LogP contribution >= 0.6 is 0 Å². The molecule has 0 radical (unpaired) electrons. The van der Waals surface area contributed by atoms with Crippen molar-refractivity contribution in [2.24, 2.45) is 5.92 Å². The van der Waals surface area contributed by atoms with Gasteiger partial charge >= 0.3 is 0 Å². The zero-order chi connectivity index (χ0) is 20.9. The van der Waals surface area contributed by atoms with Gasteiger partial charge in [0.1, 0.15) is 0 Å². The molecular weight excluding hydrogens is 374 g/mol. The summed E-state index contributed by atoms with van der Waals surface area (Å²) in [5.74, 6) is 1.35. The van der Waals surface area contributed by atoms with Crippen LogP contribution in [0.4, 0.5) is 5.82 Å². The lowest BCUT2D eigenvalue weighted by Crippen LogP contribution is -2.41. The van der Waals surface area contributed by atoms with Crippen molar-refractivity contribution in [1.29, 1.82) is 0 Å². The van der Waals surface area contributed by atoms with Gasteiger partial charge in [-0.1, -0.05) is 26.0 Å². The number of hydrogen-bond donors (Lipinski definition) is 1. The zero-order valence-electron chi connectivity index (χ0n) is 18.2. The molecule has 0 unspecified atom stereocenters. The molecule has 2 aromatic heterocycles. The molecule has 3 aromatic rings. The Hall–Kier alpha value is -2.60. The van der Waals surface area contributed by atoms with E-state index < -0.39 is 0 Å². The van der Waals surface area contributed by atoms with Crippen LogP contribution in [-0.2, 0) is 4.79 Å². The summed E-state index contributed by atoms with van der Waals surface area (Å²) >= 11 is 0. The van der Waals surface area contributed by atoms with Crippen LogP contribution in [0.5, 0.6) is 0 Å². The summed E-state index contributed by atoms with van der Waals surface area (Å²) < 4.78 is 2.21. The fraction of sp³-hybridized carbons (Fsp3) is 0.500. The van der Waals surface area contributed by atoms with Crippen molar-refractivity contribution < 1.29 is 4.79 Å². The molecule has 1 aliphatic heterocycles. The molecule has 0 aliphatic carbocycles. The van der Waals surface area contributed by atoms with Crippen molar-refractivity contribution in [1.82, 2.24) is 19.6 Å². The van der Waals surface area contributed by atoms with Crippen LogP contribution < -0.4 is 10.2 Å². The Kier molecular flexibility index (Phi) is 6.53. The maximum absolute atomic E-state index is 12.6. The molecule has 30 heavy (non-hydrogen) atoms. The number of carbonyl (C=O) groups excluding carboxylic acids is 1. The Morgan fingerprint density at radius 2 is 1.83 bits per heavy atom. The molecule has 160 valence electrons. The Labute approximate surface area is 178 Å². The number of piperidine rings is 1. The van der Waals surface area contributed by atoms with Crippen LogP contribution in [0.25, 0.3) is 16.6 Å². The number of amides is 1. The molecule has 0 saturated carbocycles. The van der Waals surface area contributed by atoms with Crippen molar-refractivity contribution in [3.8, 4) is 0 Å². The van der Waals surface area contributed by atoms with Gasteiger partial charge in [-0.25, -0.2) is 4.98 Å². The predicted molar refractivity (Wildman–Crippen MR) is 123 cm³/mol. The summed E-state index contributed by atoms with van der Waals surface area (Å²) in [7, 11) is 0. The highest BCUT2D eigenvalue weighted by molar-refractivity contribution is 5.85. The Balaban J connectivity index is 1.35. The number of benzene rings is 1. The SMILES string of the molecule is CCN(CC)CCCNC(=O)C1CCN(c2nc3ccccc3n3cccc23)CC1. The fourth-order valence-electron chi connectivity index (χ4n) is 4.49. The van der Waals surface area contributed by atoms with Crippen LogP contribution in [0, 0.1) is 5.92 Å². The quantitative estimate of drug-likeness (QED) is 0.580. The van der Waals surface area contributed by atoms with E-state index in [0.717, 1.165) is 80.9 Å². The van der Waals surface area contributed by atoms with Gasteiger partial charge in [-0.2, -0.15) is 0 Å². The third kappa shape index (κ3) is 4.29. The van der Waals surface area contributed by atoms with Gasteiger partial charge in [-0.15, -0.1) is 0 Å². The van der Waals surface area contributed by atoms with Crippen molar-refractivity contribution >= 4 is 28.3 Å². The number of nitrogens with zero attached hydrogens (tertiary/aromatic N) is 4. The first kappa shape index (κ1) is 20.7. The molecule has 0 spiro atoms. The average Bonchev–Trinajstić information content (AvgIpc) is 3.29. The largest absolute Gasteiger partial charge is 0.356 e. The van der Waals surface area contributed by atoms with Gasteiger partial charge in [0.05, 0.1) is 16.6 Å². The second-order valence-electron chi connectivity index (χ2n) is 8.12. The van der Waals surface area contributed by atoms with Gasteiger partial charge in [0.2, 0.25) is 5.91 Å². The first-order valence-electron chi connectivity index (χ1n) is 11.3. The van der Waals surface area contributed by atoms with Crippen molar-refractivity contribution in [2.45, 2.75) is 33.1 Å². The monoisotopic (exact) mass is 407 g/mol. The van der Waals surface area contributed by atoms with E-state index in [4.69, 9.17) is 4.98 Å². The minimum Gasteiger partial charge on any atom is -0.356 e. The molecule has 0 bridgehead atoms. The topological polar surface area (TPSA) is 52.9 Å². The second-order valence-corrected chi connectivity index (χ2v) is 8.12. The summed E-state index contributed by atoms with van der Waals surface area (Å²) in [6, 6.07) is 12.5. The van der Waals surface area contributed by atoms with Gasteiger partial charge in [0.15, 0.2) is 5.82 Å². The van der Waals surface area contributed by atoms with Crippen molar-refractivity contribution in [3.63, 3.8) is 0 Å². The number of nitrogens with one attached hydrogen (secondary N) is 1. The first-order chi connectivity index (χ1) is 14.7. The molecular formula is C24H33N5O. The number of para-hydroxylation sites is 2. The maximum Gasteiger partial charge on any atom is 0.223 e. The van der Waals surface area contributed by atoms with Crippen LogP contribution in [0.1, 0.15) is 33.1 Å². The smallest absolute Gasteiger partial charge is 0.223 e. The van der Waals surface area contributed by atoms with E-state index in [-0.39, 0.29) is 11.8 Å². The fourth-order valence-corrected chi connectivity index (χ4v) is 4.49. The van der Waals surface area contributed by atoms with Gasteiger partial charge in [-0.3, -0.25) is 4.79 Å². The van der Waals surface area contributed by atoms with Crippen LogP contribution in [0.15, 0.2) is 42.6 Å². The van der Waals surface area contributed by atoms with Crippen LogP contribution in [0.3, 0.4) is 0 Å². The van der Waals surface area contributed by atoms with Crippen molar-refractivity contribution in [2.75, 3.05) is 44.2 Å². The second kappa shape index (κ2) is 9.47. The van der Waals surface area contributed by atoms with E-state index in [1.165, 1.54) is 0 Å².